The Labute approximate surface area is 230 Å². The van der Waals surface area contributed by atoms with Crippen LogP contribution in [0.25, 0.3) is 10.8 Å². The number of carbonyl (C=O) groups excluding carboxylic acids is 2. The van der Waals surface area contributed by atoms with E-state index in [1.165, 1.54) is 19.8 Å². The minimum Gasteiger partial charge on any atom is -0.427 e. The van der Waals surface area contributed by atoms with Crippen LogP contribution in [0.2, 0.25) is 0 Å². The fourth-order valence-corrected chi connectivity index (χ4v) is 7.10. The van der Waals surface area contributed by atoms with Crippen LogP contribution >= 0.6 is 0 Å². The first-order valence-corrected chi connectivity index (χ1v) is 14.3. The second kappa shape index (κ2) is 10.1. The highest BCUT2D eigenvalue weighted by Crippen LogP contribution is 2.53. The molecule has 3 fully saturated rings. The Hall–Kier alpha value is -3.22. The Bertz CT molecular complexity index is 1400. The molecule has 1 amide bonds. The molecule has 0 radical (unpaired) electrons. The van der Waals surface area contributed by atoms with Crippen molar-refractivity contribution in [2.75, 3.05) is 26.7 Å². The average molecular weight is 527 g/mol. The molecule has 0 aromatic heterocycles. The maximum atomic E-state index is 13.7. The first-order chi connectivity index (χ1) is 18.8. The molecule has 6 heteroatoms. The van der Waals surface area contributed by atoms with Gasteiger partial charge in [0.2, 0.25) is 0 Å². The summed E-state index contributed by atoms with van der Waals surface area (Å²) in [6.07, 6.45) is 5.40. The fraction of sp³-hybridized carbons (Fsp3) is 0.455. The number of carbonyl (C=O) groups is 2. The molecule has 39 heavy (non-hydrogen) atoms. The van der Waals surface area contributed by atoms with E-state index in [2.05, 4.69) is 17.0 Å². The molecule has 1 saturated heterocycles. The zero-order valence-corrected chi connectivity index (χ0v) is 22.9. The maximum absolute atomic E-state index is 13.7. The molecule has 1 aliphatic heterocycles. The Morgan fingerprint density at radius 3 is 2.56 bits per heavy atom. The molecule has 3 atom stereocenters. The van der Waals surface area contributed by atoms with Gasteiger partial charge in [0.05, 0.1) is 5.60 Å². The Balaban J connectivity index is 1.31. The number of fused-ring (bicyclic) bond motifs is 2. The molecule has 6 nitrogen and oxygen atoms in total. The molecule has 3 aromatic carbocycles. The summed E-state index contributed by atoms with van der Waals surface area (Å²) in [4.78, 5) is 29.8. The topological polar surface area (TPSA) is 70.1 Å². The van der Waals surface area contributed by atoms with Crippen molar-refractivity contribution in [1.29, 1.82) is 0 Å². The van der Waals surface area contributed by atoms with Gasteiger partial charge in [-0.3, -0.25) is 9.59 Å². The number of likely N-dealkylation sites (tertiary alicyclic amines) is 1. The standard InChI is InChI=1S/C33H38N2O4/c1-23(36)39-30-9-5-8-28(19-30)32-16-17-35(21-24-10-11-24)22-33(32,38)15-14-29(20-32)34(2)31(37)27-13-12-25-6-3-4-7-26(25)18-27/h3-9,12-13,18-19,24,29,38H,10-11,14-17,20-22H2,1-2H3. The predicted octanol–water partition coefficient (Wildman–Crippen LogP) is 5.17. The molecule has 3 aromatic rings. The van der Waals surface area contributed by atoms with Gasteiger partial charge in [0.25, 0.3) is 5.91 Å². The van der Waals surface area contributed by atoms with Crippen LogP contribution in [-0.2, 0) is 10.2 Å². The number of benzene rings is 3. The van der Waals surface area contributed by atoms with Crippen LogP contribution < -0.4 is 4.74 Å². The van der Waals surface area contributed by atoms with Crippen LogP contribution in [0.4, 0.5) is 0 Å². The molecule has 6 rings (SSSR count). The van der Waals surface area contributed by atoms with Gasteiger partial charge in [0.15, 0.2) is 0 Å². The number of nitrogens with zero attached hydrogens (tertiary/aromatic N) is 2. The van der Waals surface area contributed by atoms with E-state index in [4.69, 9.17) is 4.74 Å². The summed E-state index contributed by atoms with van der Waals surface area (Å²) in [5, 5.41) is 14.6. The van der Waals surface area contributed by atoms with Crippen LogP contribution in [-0.4, -0.2) is 65.1 Å². The van der Waals surface area contributed by atoms with Crippen LogP contribution in [0.1, 0.15) is 61.4 Å². The van der Waals surface area contributed by atoms with Crippen molar-refractivity contribution in [1.82, 2.24) is 9.80 Å². The molecule has 204 valence electrons. The first-order valence-electron chi connectivity index (χ1n) is 14.3. The van der Waals surface area contributed by atoms with Crippen molar-refractivity contribution >= 4 is 22.6 Å². The van der Waals surface area contributed by atoms with Crippen molar-refractivity contribution in [2.24, 2.45) is 5.92 Å². The van der Waals surface area contributed by atoms with E-state index in [1.807, 2.05) is 60.5 Å². The van der Waals surface area contributed by atoms with E-state index in [1.54, 1.807) is 6.07 Å². The van der Waals surface area contributed by atoms with Crippen molar-refractivity contribution < 1.29 is 19.4 Å². The number of hydrogen-bond acceptors (Lipinski definition) is 5. The van der Waals surface area contributed by atoms with Gasteiger partial charge >= 0.3 is 5.97 Å². The molecular formula is C33H38N2O4. The Morgan fingerprint density at radius 2 is 1.79 bits per heavy atom. The molecule has 0 spiro atoms. The van der Waals surface area contributed by atoms with Crippen molar-refractivity contribution in [3.05, 3.63) is 77.9 Å². The number of β-amino-alcohol motifs (C(OH)–C–C–N with tert-alkyl or cyclic N) is 1. The first kappa shape index (κ1) is 26.0. The zero-order valence-electron chi connectivity index (χ0n) is 22.9. The molecule has 2 saturated carbocycles. The molecule has 1 heterocycles. The number of amides is 1. The minimum absolute atomic E-state index is 0.00572. The van der Waals surface area contributed by atoms with Gasteiger partial charge in [0, 0.05) is 44.1 Å². The quantitative estimate of drug-likeness (QED) is 0.354. The highest BCUT2D eigenvalue weighted by atomic mass is 16.5. The van der Waals surface area contributed by atoms with Gasteiger partial charge in [-0.05, 0) is 91.6 Å². The van der Waals surface area contributed by atoms with E-state index in [-0.39, 0.29) is 17.9 Å². The lowest BCUT2D eigenvalue weighted by Gasteiger charge is -2.59. The van der Waals surface area contributed by atoms with Crippen LogP contribution in [0.15, 0.2) is 66.7 Å². The Morgan fingerprint density at radius 1 is 1.00 bits per heavy atom. The third-order valence-corrected chi connectivity index (χ3v) is 9.43. The highest BCUT2D eigenvalue weighted by molar-refractivity contribution is 5.98. The van der Waals surface area contributed by atoms with Crippen LogP contribution in [0.3, 0.4) is 0 Å². The summed E-state index contributed by atoms with van der Waals surface area (Å²) in [7, 11) is 1.90. The van der Waals surface area contributed by atoms with Gasteiger partial charge < -0.3 is 19.6 Å². The van der Waals surface area contributed by atoms with E-state index in [0.717, 1.165) is 48.2 Å². The number of rotatable bonds is 6. The number of hydrogen-bond donors (Lipinski definition) is 1. The van der Waals surface area contributed by atoms with Gasteiger partial charge in [0.1, 0.15) is 5.75 Å². The summed E-state index contributed by atoms with van der Waals surface area (Å²) >= 11 is 0. The van der Waals surface area contributed by atoms with Gasteiger partial charge in [-0.2, -0.15) is 0 Å². The predicted molar refractivity (Wildman–Crippen MR) is 152 cm³/mol. The van der Waals surface area contributed by atoms with E-state index in [0.29, 0.717) is 30.7 Å². The lowest BCUT2D eigenvalue weighted by molar-refractivity contribution is -0.133. The minimum atomic E-state index is -0.918. The van der Waals surface area contributed by atoms with Crippen molar-refractivity contribution in [3.8, 4) is 5.75 Å². The normalized spacial score (nSPS) is 27.1. The third kappa shape index (κ3) is 4.96. The van der Waals surface area contributed by atoms with Crippen molar-refractivity contribution in [2.45, 2.75) is 62.5 Å². The molecule has 3 unspecified atom stereocenters. The molecular weight excluding hydrogens is 488 g/mol. The zero-order chi connectivity index (χ0) is 27.2. The van der Waals surface area contributed by atoms with Crippen molar-refractivity contribution in [3.63, 3.8) is 0 Å². The lowest BCUT2D eigenvalue weighted by atomic mass is 9.55. The SMILES string of the molecule is CC(=O)Oc1cccc(C23CCN(CC4CC4)CC2(O)CCC(N(C)C(=O)c2ccc4ccccc4c2)C3)c1. The second-order valence-electron chi connectivity index (χ2n) is 12.0. The van der Waals surface area contributed by atoms with Crippen LogP contribution in [0, 0.1) is 5.92 Å². The number of esters is 1. The highest BCUT2D eigenvalue weighted by Gasteiger charge is 2.58. The summed E-state index contributed by atoms with van der Waals surface area (Å²) in [5.74, 6) is 0.905. The summed E-state index contributed by atoms with van der Waals surface area (Å²) in [6.45, 7) is 4.00. The maximum Gasteiger partial charge on any atom is 0.308 e. The largest absolute Gasteiger partial charge is 0.427 e. The molecule has 0 bridgehead atoms. The number of aliphatic hydroxyl groups is 1. The van der Waals surface area contributed by atoms with E-state index < -0.39 is 11.0 Å². The average Bonchev–Trinajstić information content (AvgIpc) is 3.75. The monoisotopic (exact) mass is 526 g/mol. The van der Waals surface area contributed by atoms with Gasteiger partial charge in [-0.25, -0.2) is 0 Å². The van der Waals surface area contributed by atoms with E-state index >= 15 is 0 Å². The Kier molecular flexibility index (Phi) is 6.72. The molecule has 1 N–H and O–H groups in total. The van der Waals surface area contributed by atoms with Crippen LogP contribution in [0.5, 0.6) is 5.75 Å². The van der Waals surface area contributed by atoms with Gasteiger partial charge in [-0.15, -0.1) is 0 Å². The summed E-state index contributed by atoms with van der Waals surface area (Å²) in [6, 6.07) is 21.6. The number of piperidine rings is 1. The number of ether oxygens (including phenoxy) is 1. The molecule has 2 aliphatic carbocycles. The second-order valence-corrected chi connectivity index (χ2v) is 12.0. The third-order valence-electron chi connectivity index (χ3n) is 9.43. The fourth-order valence-electron chi connectivity index (χ4n) is 7.10. The summed E-state index contributed by atoms with van der Waals surface area (Å²) < 4.78 is 5.45. The smallest absolute Gasteiger partial charge is 0.308 e. The molecule has 3 aliphatic rings. The summed E-state index contributed by atoms with van der Waals surface area (Å²) in [5.41, 5.74) is 0.218. The van der Waals surface area contributed by atoms with Gasteiger partial charge in [-0.1, -0.05) is 42.5 Å². The van der Waals surface area contributed by atoms with E-state index in [9.17, 15) is 14.7 Å². The lowest BCUT2D eigenvalue weighted by Crippen LogP contribution is -2.67.